The molecule has 130 valence electrons. The summed E-state index contributed by atoms with van der Waals surface area (Å²) >= 11 is 0. The van der Waals surface area contributed by atoms with Gasteiger partial charge in [-0.3, -0.25) is 20.1 Å². The number of amides is 4. The van der Waals surface area contributed by atoms with E-state index in [0.717, 1.165) is 10.6 Å². The molecule has 1 aromatic carbocycles. The fourth-order valence-corrected chi connectivity index (χ4v) is 2.69. The van der Waals surface area contributed by atoms with Crippen molar-refractivity contribution in [1.29, 1.82) is 0 Å². The fraction of sp³-hybridized carbons (Fsp3) is 0.294. The maximum Gasteiger partial charge on any atom is 0.344 e. The monoisotopic (exact) mass is 341 g/mol. The van der Waals surface area contributed by atoms with Crippen LogP contribution in [-0.4, -0.2) is 38.6 Å². The summed E-state index contributed by atoms with van der Waals surface area (Å²) in [4.78, 5) is 36.9. The van der Waals surface area contributed by atoms with E-state index in [9.17, 15) is 14.4 Å². The van der Waals surface area contributed by atoms with Crippen molar-refractivity contribution < 1.29 is 14.4 Å². The van der Waals surface area contributed by atoms with Crippen molar-refractivity contribution in [2.75, 3.05) is 0 Å². The maximum atomic E-state index is 12.6. The quantitative estimate of drug-likeness (QED) is 0.713. The van der Waals surface area contributed by atoms with Crippen molar-refractivity contribution in [2.45, 2.75) is 32.2 Å². The highest BCUT2D eigenvalue weighted by atomic mass is 16.2. The Morgan fingerprint density at radius 2 is 2.00 bits per heavy atom. The van der Waals surface area contributed by atoms with Gasteiger partial charge in [-0.2, -0.15) is 10.1 Å². The van der Waals surface area contributed by atoms with Crippen LogP contribution in [0.4, 0.5) is 4.79 Å². The van der Waals surface area contributed by atoms with Crippen molar-refractivity contribution in [3.63, 3.8) is 0 Å². The highest BCUT2D eigenvalue weighted by Crippen LogP contribution is 2.22. The summed E-state index contributed by atoms with van der Waals surface area (Å²) < 4.78 is 0. The van der Waals surface area contributed by atoms with Gasteiger partial charge in [-0.25, -0.2) is 4.79 Å². The molecule has 0 bridgehead atoms. The molecule has 1 atom stereocenters. The van der Waals surface area contributed by atoms with Gasteiger partial charge >= 0.3 is 6.03 Å². The molecule has 1 aliphatic rings. The average molecular weight is 341 g/mol. The first kappa shape index (κ1) is 16.7. The lowest BCUT2D eigenvalue weighted by molar-refractivity contribution is -0.132. The van der Waals surface area contributed by atoms with Crippen LogP contribution in [0.1, 0.15) is 35.1 Å². The average Bonchev–Trinajstić information content (AvgIpc) is 3.12. The molecule has 4 amide bonds. The van der Waals surface area contributed by atoms with Crippen LogP contribution in [0.15, 0.2) is 36.4 Å². The Balaban J connectivity index is 1.67. The lowest BCUT2D eigenvalue weighted by atomic mass is 9.93. The van der Waals surface area contributed by atoms with Crippen LogP contribution in [0.25, 0.3) is 0 Å². The molecule has 1 fully saturated rings. The number of H-pyrrole nitrogens is 1. The van der Waals surface area contributed by atoms with Crippen molar-refractivity contribution >= 4 is 17.8 Å². The number of aromatic amines is 1. The molecule has 3 rings (SSSR count). The number of carbonyl (C=O) groups excluding carboxylic acids is 3. The van der Waals surface area contributed by atoms with E-state index in [1.807, 2.05) is 30.3 Å². The van der Waals surface area contributed by atoms with Crippen LogP contribution in [0, 0.1) is 6.92 Å². The minimum atomic E-state index is -1.07. The van der Waals surface area contributed by atoms with E-state index in [1.165, 1.54) is 6.07 Å². The standard InChI is InChI=1S/C17H19N5O3/c1-11-10-13(20-19-11)14(23)21-22-15(24)17(2,18-16(22)25)9-8-12-6-4-3-5-7-12/h3-7,10H,8-9H2,1-2H3,(H,18,25)(H,19,20)(H,21,23). The summed E-state index contributed by atoms with van der Waals surface area (Å²) in [6.07, 6.45) is 1.05. The molecule has 3 N–H and O–H groups in total. The van der Waals surface area contributed by atoms with Gasteiger partial charge in [0.2, 0.25) is 0 Å². The Morgan fingerprint density at radius 1 is 1.28 bits per heavy atom. The predicted molar refractivity (Wildman–Crippen MR) is 89.3 cm³/mol. The molecule has 0 aliphatic carbocycles. The Kier molecular flexibility index (Phi) is 4.26. The SMILES string of the molecule is Cc1cc(C(=O)NN2C(=O)NC(C)(CCc3ccccc3)C2=O)n[nH]1. The first-order chi connectivity index (χ1) is 11.9. The third-order valence-electron chi connectivity index (χ3n) is 4.17. The van der Waals surface area contributed by atoms with E-state index in [1.54, 1.807) is 13.8 Å². The molecule has 8 heteroatoms. The molecular formula is C17H19N5O3. The molecule has 8 nitrogen and oxygen atoms in total. The van der Waals surface area contributed by atoms with Gasteiger partial charge < -0.3 is 5.32 Å². The number of imide groups is 1. The summed E-state index contributed by atoms with van der Waals surface area (Å²) in [7, 11) is 0. The van der Waals surface area contributed by atoms with Gasteiger partial charge in [-0.1, -0.05) is 30.3 Å². The second-order valence-corrected chi connectivity index (χ2v) is 6.27. The third-order valence-corrected chi connectivity index (χ3v) is 4.17. The molecule has 1 unspecified atom stereocenters. The summed E-state index contributed by atoms with van der Waals surface area (Å²) in [5.74, 6) is -1.12. The number of aryl methyl sites for hydroxylation is 2. The molecule has 25 heavy (non-hydrogen) atoms. The molecule has 1 aromatic heterocycles. The molecule has 0 radical (unpaired) electrons. The molecule has 0 saturated carbocycles. The number of benzene rings is 1. The van der Waals surface area contributed by atoms with Crippen molar-refractivity contribution in [3.8, 4) is 0 Å². The minimum absolute atomic E-state index is 0.107. The summed E-state index contributed by atoms with van der Waals surface area (Å²) in [6.45, 7) is 3.40. The summed E-state index contributed by atoms with van der Waals surface area (Å²) in [5.41, 5.74) is 3.12. The predicted octanol–water partition coefficient (Wildman–Crippen LogP) is 1.31. The zero-order valence-electron chi connectivity index (χ0n) is 14.0. The highest BCUT2D eigenvalue weighted by molar-refractivity contribution is 6.08. The van der Waals surface area contributed by atoms with Crippen molar-refractivity contribution in [3.05, 3.63) is 53.3 Å². The molecule has 2 aromatic rings. The Bertz CT molecular complexity index is 817. The number of hydrazine groups is 1. The van der Waals surface area contributed by atoms with Gasteiger partial charge in [0.15, 0.2) is 5.69 Å². The second-order valence-electron chi connectivity index (χ2n) is 6.27. The van der Waals surface area contributed by atoms with E-state index in [2.05, 4.69) is 20.9 Å². The normalized spacial score (nSPS) is 19.8. The summed E-state index contributed by atoms with van der Waals surface area (Å²) in [5, 5.41) is 9.83. The van der Waals surface area contributed by atoms with Gasteiger partial charge in [0.25, 0.3) is 11.8 Å². The molecule has 0 spiro atoms. The number of hydrogen-bond acceptors (Lipinski definition) is 4. The van der Waals surface area contributed by atoms with E-state index in [-0.39, 0.29) is 5.69 Å². The molecule has 1 aliphatic heterocycles. The Morgan fingerprint density at radius 3 is 2.64 bits per heavy atom. The number of nitrogens with zero attached hydrogens (tertiary/aromatic N) is 2. The Hall–Kier alpha value is -3.16. The maximum absolute atomic E-state index is 12.6. The number of rotatable bonds is 5. The van der Waals surface area contributed by atoms with Crippen LogP contribution in [0.2, 0.25) is 0 Å². The zero-order valence-corrected chi connectivity index (χ0v) is 14.0. The lowest BCUT2D eigenvalue weighted by Gasteiger charge is -2.21. The smallest absolute Gasteiger partial charge is 0.322 e. The van der Waals surface area contributed by atoms with Gasteiger partial charge in [-0.15, -0.1) is 0 Å². The van der Waals surface area contributed by atoms with Crippen LogP contribution < -0.4 is 10.7 Å². The van der Waals surface area contributed by atoms with Crippen LogP contribution >= 0.6 is 0 Å². The lowest BCUT2D eigenvalue weighted by Crippen LogP contribution is -2.49. The van der Waals surface area contributed by atoms with E-state index < -0.39 is 23.4 Å². The number of urea groups is 1. The van der Waals surface area contributed by atoms with Crippen LogP contribution in [-0.2, 0) is 11.2 Å². The van der Waals surface area contributed by atoms with Crippen molar-refractivity contribution in [2.24, 2.45) is 0 Å². The van der Waals surface area contributed by atoms with Crippen molar-refractivity contribution in [1.82, 2.24) is 25.9 Å². The number of nitrogens with one attached hydrogen (secondary N) is 3. The van der Waals surface area contributed by atoms with E-state index in [0.29, 0.717) is 18.5 Å². The largest absolute Gasteiger partial charge is 0.344 e. The van der Waals surface area contributed by atoms with Gasteiger partial charge in [0.05, 0.1) is 0 Å². The second kappa shape index (κ2) is 6.39. The third kappa shape index (κ3) is 3.37. The molecular weight excluding hydrogens is 322 g/mol. The Labute approximate surface area is 144 Å². The fourth-order valence-electron chi connectivity index (χ4n) is 2.69. The molecule has 2 heterocycles. The van der Waals surface area contributed by atoms with Gasteiger partial charge in [-0.05, 0) is 38.3 Å². The van der Waals surface area contributed by atoms with E-state index in [4.69, 9.17) is 0 Å². The first-order valence-corrected chi connectivity index (χ1v) is 7.93. The molecule has 1 saturated heterocycles. The van der Waals surface area contributed by atoms with Crippen LogP contribution in [0.3, 0.4) is 0 Å². The minimum Gasteiger partial charge on any atom is -0.322 e. The van der Waals surface area contributed by atoms with Gasteiger partial charge in [0.1, 0.15) is 5.54 Å². The number of aromatic nitrogens is 2. The summed E-state index contributed by atoms with van der Waals surface area (Å²) in [6, 6.07) is 10.6. The number of hydrogen-bond donors (Lipinski definition) is 3. The zero-order chi connectivity index (χ0) is 18.0. The number of carbonyl (C=O) groups is 3. The highest BCUT2D eigenvalue weighted by Gasteiger charge is 2.48. The topological polar surface area (TPSA) is 107 Å². The first-order valence-electron chi connectivity index (χ1n) is 7.93. The van der Waals surface area contributed by atoms with E-state index >= 15 is 0 Å². The van der Waals surface area contributed by atoms with Gasteiger partial charge in [0, 0.05) is 5.69 Å². The van der Waals surface area contributed by atoms with Crippen LogP contribution in [0.5, 0.6) is 0 Å².